The zero-order chi connectivity index (χ0) is 13.0. The Hall–Kier alpha value is -1.86. The third-order valence-corrected chi connectivity index (χ3v) is 3.13. The number of benzene rings is 2. The lowest BCUT2D eigenvalue weighted by atomic mass is 10.1. The highest BCUT2D eigenvalue weighted by Gasteiger charge is 2.01. The van der Waals surface area contributed by atoms with Crippen LogP contribution >= 0.6 is 15.9 Å². The van der Waals surface area contributed by atoms with E-state index in [1.54, 1.807) is 12.1 Å². The number of halogens is 2. The standard InChI is InChI=1S/C14H10BrFN2/c15-13-7-12(16)4-5-14(13)18-9-11-3-1-2-10(6-11)8-17/h1-7,18H,9H2. The molecule has 0 unspecified atom stereocenters. The number of nitrogens with zero attached hydrogens (tertiary/aromatic N) is 1. The van der Waals surface area contributed by atoms with Gasteiger partial charge >= 0.3 is 0 Å². The van der Waals surface area contributed by atoms with Crippen molar-refractivity contribution in [3.8, 4) is 6.07 Å². The molecule has 0 aromatic heterocycles. The topological polar surface area (TPSA) is 35.8 Å². The number of nitriles is 1. The van der Waals surface area contributed by atoms with Gasteiger partial charge in [0.25, 0.3) is 0 Å². The molecule has 2 rings (SSSR count). The van der Waals surface area contributed by atoms with E-state index in [4.69, 9.17) is 5.26 Å². The van der Waals surface area contributed by atoms with Crippen molar-refractivity contribution in [2.75, 3.05) is 5.32 Å². The van der Waals surface area contributed by atoms with Crippen molar-refractivity contribution in [2.45, 2.75) is 6.54 Å². The van der Waals surface area contributed by atoms with Gasteiger partial charge in [-0.1, -0.05) is 12.1 Å². The smallest absolute Gasteiger partial charge is 0.124 e. The van der Waals surface area contributed by atoms with Crippen LogP contribution in [0.2, 0.25) is 0 Å². The molecule has 1 N–H and O–H groups in total. The number of rotatable bonds is 3. The van der Waals surface area contributed by atoms with Crippen LogP contribution < -0.4 is 5.32 Å². The van der Waals surface area contributed by atoms with Gasteiger partial charge in [0.2, 0.25) is 0 Å². The first-order valence-electron chi connectivity index (χ1n) is 5.37. The molecule has 2 aromatic carbocycles. The van der Waals surface area contributed by atoms with Crippen LogP contribution in [-0.2, 0) is 6.54 Å². The highest BCUT2D eigenvalue weighted by Crippen LogP contribution is 2.23. The summed E-state index contributed by atoms with van der Waals surface area (Å²) >= 11 is 3.29. The van der Waals surface area contributed by atoms with E-state index in [9.17, 15) is 4.39 Å². The lowest BCUT2D eigenvalue weighted by Gasteiger charge is -2.08. The van der Waals surface area contributed by atoms with Crippen LogP contribution in [0.25, 0.3) is 0 Å². The molecule has 0 fully saturated rings. The van der Waals surface area contributed by atoms with Gasteiger partial charge in [0.05, 0.1) is 11.6 Å². The lowest BCUT2D eigenvalue weighted by Crippen LogP contribution is -2.00. The van der Waals surface area contributed by atoms with Crippen molar-refractivity contribution in [2.24, 2.45) is 0 Å². The Morgan fingerprint density at radius 3 is 2.78 bits per heavy atom. The Morgan fingerprint density at radius 2 is 2.06 bits per heavy atom. The van der Waals surface area contributed by atoms with Crippen molar-refractivity contribution < 1.29 is 4.39 Å². The normalized spacial score (nSPS) is 9.83. The molecule has 2 aromatic rings. The fourth-order valence-electron chi connectivity index (χ4n) is 1.58. The fraction of sp³-hybridized carbons (Fsp3) is 0.0714. The number of nitrogens with one attached hydrogen (secondary N) is 1. The summed E-state index contributed by atoms with van der Waals surface area (Å²) < 4.78 is 13.6. The molecule has 4 heteroatoms. The second-order valence-corrected chi connectivity index (χ2v) is 4.64. The summed E-state index contributed by atoms with van der Waals surface area (Å²) in [6, 6.07) is 13.9. The molecule has 0 amide bonds. The molecule has 18 heavy (non-hydrogen) atoms. The summed E-state index contributed by atoms with van der Waals surface area (Å²) in [5, 5.41) is 12.0. The van der Waals surface area contributed by atoms with Crippen molar-refractivity contribution in [3.63, 3.8) is 0 Å². The second kappa shape index (κ2) is 5.65. The third kappa shape index (κ3) is 3.08. The number of anilines is 1. The summed E-state index contributed by atoms with van der Waals surface area (Å²) in [7, 11) is 0. The molecule has 0 saturated heterocycles. The molecular formula is C14H10BrFN2. The van der Waals surface area contributed by atoms with Gasteiger partial charge in [-0.2, -0.15) is 5.26 Å². The van der Waals surface area contributed by atoms with E-state index in [1.165, 1.54) is 12.1 Å². The van der Waals surface area contributed by atoms with Crippen LogP contribution in [0.1, 0.15) is 11.1 Å². The molecular weight excluding hydrogens is 295 g/mol. The maximum absolute atomic E-state index is 12.9. The van der Waals surface area contributed by atoms with Gasteiger partial charge in [-0.15, -0.1) is 0 Å². The average molecular weight is 305 g/mol. The maximum atomic E-state index is 12.9. The van der Waals surface area contributed by atoms with Crippen molar-refractivity contribution >= 4 is 21.6 Å². The van der Waals surface area contributed by atoms with E-state index < -0.39 is 0 Å². The van der Waals surface area contributed by atoms with Crippen LogP contribution in [0, 0.1) is 17.1 Å². The Labute approximate surface area is 113 Å². The van der Waals surface area contributed by atoms with Crippen LogP contribution in [0.15, 0.2) is 46.9 Å². The van der Waals surface area contributed by atoms with Gasteiger partial charge in [-0.25, -0.2) is 4.39 Å². The summed E-state index contributed by atoms with van der Waals surface area (Å²) in [6.07, 6.45) is 0. The summed E-state index contributed by atoms with van der Waals surface area (Å²) in [4.78, 5) is 0. The molecule has 0 aliphatic heterocycles. The van der Waals surface area contributed by atoms with Crippen molar-refractivity contribution in [3.05, 3.63) is 63.9 Å². The van der Waals surface area contributed by atoms with Crippen molar-refractivity contribution in [1.82, 2.24) is 0 Å². The third-order valence-electron chi connectivity index (χ3n) is 2.47. The minimum atomic E-state index is -0.279. The van der Waals surface area contributed by atoms with Crippen LogP contribution in [0.5, 0.6) is 0 Å². The number of hydrogen-bond acceptors (Lipinski definition) is 2. The molecule has 0 spiro atoms. The monoisotopic (exact) mass is 304 g/mol. The fourth-order valence-corrected chi connectivity index (χ4v) is 2.07. The van der Waals surface area contributed by atoms with E-state index in [0.29, 0.717) is 16.6 Å². The summed E-state index contributed by atoms with van der Waals surface area (Å²) in [6.45, 7) is 0.583. The molecule has 0 aliphatic rings. The molecule has 2 nitrogen and oxygen atoms in total. The van der Waals surface area contributed by atoms with Gasteiger partial charge < -0.3 is 5.32 Å². The number of hydrogen-bond donors (Lipinski definition) is 1. The van der Waals surface area contributed by atoms with Gasteiger partial charge in [-0.05, 0) is 51.8 Å². The van der Waals surface area contributed by atoms with E-state index in [2.05, 4.69) is 27.3 Å². The second-order valence-electron chi connectivity index (χ2n) is 3.79. The van der Waals surface area contributed by atoms with Gasteiger partial charge in [0.1, 0.15) is 5.82 Å². The zero-order valence-corrected chi connectivity index (χ0v) is 11.0. The molecule has 0 saturated carbocycles. The largest absolute Gasteiger partial charge is 0.380 e. The molecule has 90 valence electrons. The SMILES string of the molecule is N#Cc1cccc(CNc2ccc(F)cc2Br)c1. The van der Waals surface area contributed by atoms with Crippen LogP contribution in [0.4, 0.5) is 10.1 Å². The van der Waals surface area contributed by atoms with E-state index in [1.807, 2.05) is 18.2 Å². The first-order chi connectivity index (χ1) is 8.69. The predicted molar refractivity (Wildman–Crippen MR) is 72.6 cm³/mol. The van der Waals surface area contributed by atoms with Crippen LogP contribution in [-0.4, -0.2) is 0 Å². The minimum absolute atomic E-state index is 0.279. The van der Waals surface area contributed by atoms with Gasteiger partial charge in [0, 0.05) is 16.7 Å². The average Bonchev–Trinajstić information content (AvgIpc) is 2.38. The quantitative estimate of drug-likeness (QED) is 0.927. The molecule has 0 radical (unpaired) electrons. The van der Waals surface area contributed by atoms with E-state index in [0.717, 1.165) is 11.3 Å². The Kier molecular flexibility index (Phi) is 3.96. The lowest BCUT2D eigenvalue weighted by molar-refractivity contribution is 0.627. The van der Waals surface area contributed by atoms with E-state index >= 15 is 0 Å². The van der Waals surface area contributed by atoms with Gasteiger partial charge in [-0.3, -0.25) is 0 Å². The first-order valence-corrected chi connectivity index (χ1v) is 6.16. The molecule has 0 heterocycles. The first kappa shape index (κ1) is 12.6. The zero-order valence-electron chi connectivity index (χ0n) is 9.45. The highest BCUT2D eigenvalue weighted by atomic mass is 79.9. The predicted octanol–water partition coefficient (Wildman–Crippen LogP) is 4.07. The molecule has 0 aliphatic carbocycles. The Balaban J connectivity index is 2.09. The highest BCUT2D eigenvalue weighted by molar-refractivity contribution is 9.10. The Morgan fingerprint density at radius 1 is 1.22 bits per heavy atom. The molecule has 0 atom stereocenters. The Bertz CT molecular complexity index is 605. The maximum Gasteiger partial charge on any atom is 0.124 e. The summed E-state index contributed by atoms with van der Waals surface area (Å²) in [5.74, 6) is -0.279. The van der Waals surface area contributed by atoms with Crippen molar-refractivity contribution in [1.29, 1.82) is 5.26 Å². The minimum Gasteiger partial charge on any atom is -0.380 e. The summed E-state index contributed by atoms with van der Waals surface area (Å²) in [5.41, 5.74) is 2.46. The van der Waals surface area contributed by atoms with E-state index in [-0.39, 0.29) is 5.82 Å². The molecule has 0 bridgehead atoms. The van der Waals surface area contributed by atoms with Gasteiger partial charge in [0.15, 0.2) is 0 Å². The van der Waals surface area contributed by atoms with Crippen LogP contribution in [0.3, 0.4) is 0 Å².